The predicted octanol–water partition coefficient (Wildman–Crippen LogP) is 5.33. The van der Waals surface area contributed by atoms with Crippen LogP contribution in [0.1, 0.15) is 77.2 Å². The predicted molar refractivity (Wildman–Crippen MR) is 101 cm³/mol. The highest BCUT2D eigenvalue weighted by Gasteiger charge is 2.38. The van der Waals surface area contributed by atoms with Crippen LogP contribution in [0, 0.1) is 0 Å². The summed E-state index contributed by atoms with van der Waals surface area (Å²) < 4.78 is 5.72. The number of carboxylic acid groups (broad SMARTS) is 1. The van der Waals surface area contributed by atoms with Crippen molar-refractivity contribution in [1.82, 2.24) is 0 Å². The third-order valence-corrected chi connectivity index (χ3v) is 4.67. The molecule has 0 unspecified atom stereocenters. The number of ether oxygens (including phenoxy) is 1. The topological polar surface area (TPSA) is 66.8 Å². The van der Waals surface area contributed by atoms with E-state index in [0.717, 1.165) is 24.8 Å². The third-order valence-electron chi connectivity index (χ3n) is 4.67. The Morgan fingerprint density at radius 2 is 1.52 bits per heavy atom. The highest BCUT2D eigenvalue weighted by molar-refractivity contribution is 5.78. The summed E-state index contributed by atoms with van der Waals surface area (Å²) in [5.41, 5.74) is -0.304. The van der Waals surface area contributed by atoms with Crippen LogP contribution < -0.4 is 0 Å². The van der Waals surface area contributed by atoms with Crippen molar-refractivity contribution >= 4 is 5.97 Å². The minimum Gasteiger partial charge on any atom is -0.508 e. The van der Waals surface area contributed by atoms with Crippen molar-refractivity contribution in [3.8, 4) is 5.75 Å². The molecule has 0 aromatic heterocycles. The van der Waals surface area contributed by atoms with Gasteiger partial charge in [-0.05, 0) is 37.5 Å². The van der Waals surface area contributed by atoms with Gasteiger partial charge in [0.05, 0.1) is 0 Å². The largest absolute Gasteiger partial charge is 0.508 e. The van der Waals surface area contributed by atoms with Crippen molar-refractivity contribution < 1.29 is 19.7 Å². The first kappa shape index (κ1) is 21.5. The van der Waals surface area contributed by atoms with Crippen molar-refractivity contribution in [3.05, 3.63) is 29.8 Å². The molecule has 0 aliphatic rings. The van der Waals surface area contributed by atoms with Crippen molar-refractivity contribution in [3.63, 3.8) is 0 Å². The number of hydrogen-bond acceptors (Lipinski definition) is 3. The van der Waals surface area contributed by atoms with Gasteiger partial charge < -0.3 is 14.9 Å². The average Bonchev–Trinajstić information content (AvgIpc) is 2.59. The summed E-state index contributed by atoms with van der Waals surface area (Å²) >= 11 is 0. The lowest BCUT2D eigenvalue weighted by Crippen LogP contribution is -2.44. The van der Waals surface area contributed by atoms with Gasteiger partial charge in [-0.1, -0.05) is 64.0 Å². The van der Waals surface area contributed by atoms with Crippen LogP contribution in [0.25, 0.3) is 0 Å². The summed E-state index contributed by atoms with van der Waals surface area (Å²) in [6, 6.07) is 6.70. The maximum atomic E-state index is 11.9. The Morgan fingerprint density at radius 3 is 2.04 bits per heavy atom. The molecule has 142 valence electrons. The van der Waals surface area contributed by atoms with Gasteiger partial charge in [0.15, 0.2) is 5.60 Å². The molecule has 1 aromatic carbocycles. The fourth-order valence-electron chi connectivity index (χ4n) is 3.22. The van der Waals surface area contributed by atoms with Crippen LogP contribution in [0.4, 0.5) is 0 Å². The van der Waals surface area contributed by atoms with E-state index in [1.807, 2.05) is 6.92 Å². The molecule has 0 bridgehead atoms. The minimum absolute atomic E-state index is 0.184. The zero-order chi connectivity index (χ0) is 18.5. The maximum absolute atomic E-state index is 11.9. The summed E-state index contributed by atoms with van der Waals surface area (Å²) in [4.78, 5) is 11.9. The molecule has 1 rings (SSSR count). The Labute approximate surface area is 152 Å². The number of carbonyl (C=O) groups is 1. The lowest BCUT2D eigenvalue weighted by atomic mass is 9.88. The van der Waals surface area contributed by atoms with Crippen LogP contribution in [-0.2, 0) is 16.0 Å². The van der Waals surface area contributed by atoms with Gasteiger partial charge in [-0.25, -0.2) is 4.79 Å². The smallest absolute Gasteiger partial charge is 0.336 e. The molecule has 0 spiro atoms. The molecule has 0 saturated heterocycles. The SMILES string of the molecule is CCCCCCCCCC[C@@](Cc1ccc(O)cc1)(OCC)C(=O)O. The number of phenols is 1. The van der Waals surface area contributed by atoms with E-state index in [2.05, 4.69) is 6.92 Å². The first-order chi connectivity index (χ1) is 12.0. The molecule has 0 fully saturated rings. The van der Waals surface area contributed by atoms with E-state index in [-0.39, 0.29) is 5.75 Å². The van der Waals surface area contributed by atoms with Gasteiger partial charge in [0.2, 0.25) is 0 Å². The summed E-state index contributed by atoms with van der Waals surface area (Å²) in [6.45, 7) is 4.43. The Balaban J connectivity index is 2.54. The molecule has 0 amide bonds. The molecule has 0 aliphatic heterocycles. The molecule has 2 N–H and O–H groups in total. The molecule has 0 aliphatic carbocycles. The first-order valence-electron chi connectivity index (χ1n) is 9.69. The number of aromatic hydroxyl groups is 1. The van der Waals surface area contributed by atoms with Crippen molar-refractivity contribution in [2.24, 2.45) is 0 Å². The fraction of sp³-hybridized carbons (Fsp3) is 0.667. The number of aliphatic carboxylic acids is 1. The molecule has 0 heterocycles. The Morgan fingerprint density at radius 1 is 0.960 bits per heavy atom. The second kappa shape index (κ2) is 11.9. The third kappa shape index (κ3) is 7.91. The molecule has 0 saturated carbocycles. The van der Waals surface area contributed by atoms with E-state index in [0.29, 0.717) is 19.4 Å². The van der Waals surface area contributed by atoms with E-state index in [1.165, 1.54) is 32.1 Å². The van der Waals surface area contributed by atoms with Crippen LogP contribution in [0.5, 0.6) is 5.75 Å². The van der Waals surface area contributed by atoms with Gasteiger partial charge in [0, 0.05) is 13.0 Å². The summed E-state index contributed by atoms with van der Waals surface area (Å²) in [5, 5.41) is 19.2. The van der Waals surface area contributed by atoms with E-state index in [4.69, 9.17) is 4.74 Å². The number of unbranched alkanes of at least 4 members (excludes halogenated alkanes) is 7. The Bertz CT molecular complexity index is 483. The van der Waals surface area contributed by atoms with Crippen LogP contribution >= 0.6 is 0 Å². The molecular formula is C21H34O4. The molecule has 1 aromatic rings. The lowest BCUT2D eigenvalue weighted by molar-refractivity contribution is -0.166. The Kier molecular flexibility index (Phi) is 10.2. The normalized spacial score (nSPS) is 13.5. The van der Waals surface area contributed by atoms with E-state index in [9.17, 15) is 15.0 Å². The number of phenolic OH excluding ortho intramolecular Hbond substituents is 1. The van der Waals surface area contributed by atoms with Crippen molar-refractivity contribution in [2.45, 2.75) is 83.7 Å². The zero-order valence-corrected chi connectivity index (χ0v) is 15.8. The van der Waals surface area contributed by atoms with Crippen LogP contribution in [0.15, 0.2) is 24.3 Å². The summed E-state index contributed by atoms with van der Waals surface area (Å²) in [5.74, 6) is -0.713. The highest BCUT2D eigenvalue weighted by Crippen LogP contribution is 2.27. The molecular weight excluding hydrogens is 316 g/mol. The number of benzene rings is 1. The van der Waals surface area contributed by atoms with E-state index >= 15 is 0 Å². The average molecular weight is 350 g/mol. The lowest BCUT2D eigenvalue weighted by Gasteiger charge is -2.29. The zero-order valence-electron chi connectivity index (χ0n) is 15.8. The summed E-state index contributed by atoms with van der Waals surface area (Å²) in [6.07, 6.45) is 10.3. The number of hydrogen-bond donors (Lipinski definition) is 2. The van der Waals surface area contributed by atoms with E-state index < -0.39 is 11.6 Å². The van der Waals surface area contributed by atoms with Crippen molar-refractivity contribution in [1.29, 1.82) is 0 Å². The van der Waals surface area contributed by atoms with E-state index in [1.54, 1.807) is 24.3 Å². The number of carboxylic acids is 1. The van der Waals surface area contributed by atoms with Crippen molar-refractivity contribution in [2.75, 3.05) is 6.61 Å². The second-order valence-electron chi connectivity index (χ2n) is 6.80. The van der Waals surface area contributed by atoms with Gasteiger partial charge >= 0.3 is 5.97 Å². The second-order valence-corrected chi connectivity index (χ2v) is 6.80. The van der Waals surface area contributed by atoms with Crippen LogP contribution in [-0.4, -0.2) is 28.4 Å². The van der Waals surface area contributed by atoms with Gasteiger partial charge in [0.25, 0.3) is 0 Å². The van der Waals surface area contributed by atoms with Crippen LogP contribution in [0.3, 0.4) is 0 Å². The molecule has 1 atom stereocenters. The first-order valence-corrected chi connectivity index (χ1v) is 9.69. The van der Waals surface area contributed by atoms with Gasteiger partial charge in [-0.15, -0.1) is 0 Å². The standard InChI is InChI=1S/C21H34O4/c1-3-5-6-7-8-9-10-11-16-21(20(23)24,25-4-2)17-18-12-14-19(22)15-13-18/h12-15,22H,3-11,16-17H2,1-2H3,(H,23,24)/t21-/m0/s1. The van der Waals surface area contributed by atoms with Gasteiger partial charge in [-0.2, -0.15) is 0 Å². The fourth-order valence-corrected chi connectivity index (χ4v) is 3.22. The molecule has 4 heteroatoms. The maximum Gasteiger partial charge on any atom is 0.336 e. The molecule has 4 nitrogen and oxygen atoms in total. The Hall–Kier alpha value is -1.55. The summed E-state index contributed by atoms with van der Waals surface area (Å²) in [7, 11) is 0. The highest BCUT2D eigenvalue weighted by atomic mass is 16.5. The van der Waals surface area contributed by atoms with Gasteiger partial charge in [-0.3, -0.25) is 0 Å². The monoisotopic (exact) mass is 350 g/mol. The quantitative estimate of drug-likeness (QED) is 0.445. The van der Waals surface area contributed by atoms with Gasteiger partial charge in [0.1, 0.15) is 5.75 Å². The number of rotatable bonds is 14. The molecule has 25 heavy (non-hydrogen) atoms. The van der Waals surface area contributed by atoms with Crippen LogP contribution in [0.2, 0.25) is 0 Å². The minimum atomic E-state index is -1.17. The molecule has 0 radical (unpaired) electrons.